The highest BCUT2D eigenvalue weighted by Gasteiger charge is 2.03. The fourth-order valence-electron chi connectivity index (χ4n) is 0.977. The Balaban J connectivity index is 2.48. The van der Waals surface area contributed by atoms with Gasteiger partial charge in [0.1, 0.15) is 12.7 Å². The van der Waals surface area contributed by atoms with Crippen molar-refractivity contribution in [3.8, 4) is 5.88 Å². The van der Waals surface area contributed by atoms with Crippen LogP contribution >= 0.6 is 0 Å². The van der Waals surface area contributed by atoms with E-state index in [1.807, 2.05) is 0 Å². The van der Waals surface area contributed by atoms with Crippen LogP contribution in [0.15, 0.2) is 18.3 Å². The summed E-state index contributed by atoms with van der Waals surface area (Å²) in [5.74, 6) is 0.146. The van der Waals surface area contributed by atoms with Crippen molar-refractivity contribution in [2.75, 3.05) is 18.5 Å². The lowest BCUT2D eigenvalue weighted by molar-refractivity contribution is -0.114. The fraction of sp³-hybridized carbons (Fsp3) is 0.400. The number of aliphatic hydroxyl groups is 2. The van der Waals surface area contributed by atoms with Gasteiger partial charge in [-0.25, -0.2) is 4.98 Å². The molecule has 0 radical (unpaired) electrons. The van der Waals surface area contributed by atoms with Crippen LogP contribution in [0.3, 0.4) is 0 Å². The summed E-state index contributed by atoms with van der Waals surface area (Å²) in [4.78, 5) is 14.6. The van der Waals surface area contributed by atoms with Crippen molar-refractivity contribution in [3.05, 3.63) is 18.3 Å². The molecule has 6 heteroatoms. The average Bonchev–Trinajstić information content (AvgIpc) is 2.27. The number of hydrogen-bond acceptors (Lipinski definition) is 5. The number of rotatable bonds is 5. The molecule has 16 heavy (non-hydrogen) atoms. The molecular formula is C10H14N2O4. The Bertz CT molecular complexity index is 339. The molecule has 1 rings (SSSR count). The molecule has 0 aliphatic carbocycles. The van der Waals surface area contributed by atoms with Crippen LogP contribution < -0.4 is 10.1 Å². The summed E-state index contributed by atoms with van der Waals surface area (Å²) >= 11 is 0. The molecule has 0 fully saturated rings. The van der Waals surface area contributed by atoms with Gasteiger partial charge in [-0.1, -0.05) is 0 Å². The molecule has 0 aliphatic rings. The molecule has 0 aromatic carbocycles. The quantitative estimate of drug-likeness (QED) is 0.645. The van der Waals surface area contributed by atoms with E-state index in [-0.39, 0.29) is 19.1 Å². The van der Waals surface area contributed by atoms with Crippen LogP contribution in [0.1, 0.15) is 6.92 Å². The minimum Gasteiger partial charge on any atom is -0.475 e. The number of carbonyl (C=O) groups excluding carboxylic acids is 1. The third-order valence-corrected chi connectivity index (χ3v) is 1.69. The average molecular weight is 226 g/mol. The van der Waals surface area contributed by atoms with Gasteiger partial charge in [0.2, 0.25) is 11.8 Å². The van der Waals surface area contributed by atoms with Crippen molar-refractivity contribution in [2.24, 2.45) is 0 Å². The summed E-state index contributed by atoms with van der Waals surface area (Å²) in [5, 5.41) is 20.2. The lowest BCUT2D eigenvalue weighted by atomic mass is 10.4. The molecule has 0 saturated carbocycles. The van der Waals surface area contributed by atoms with Gasteiger partial charge in [-0.05, 0) is 6.07 Å². The topological polar surface area (TPSA) is 91.7 Å². The number of pyridine rings is 1. The Labute approximate surface area is 92.9 Å². The highest BCUT2D eigenvalue weighted by molar-refractivity contribution is 5.88. The van der Waals surface area contributed by atoms with E-state index in [9.17, 15) is 4.79 Å². The van der Waals surface area contributed by atoms with Gasteiger partial charge in [0.15, 0.2) is 0 Å². The Morgan fingerprint density at radius 3 is 2.88 bits per heavy atom. The number of amides is 1. The first-order valence-electron chi connectivity index (χ1n) is 4.77. The molecule has 1 atom stereocenters. The van der Waals surface area contributed by atoms with E-state index in [1.54, 1.807) is 12.1 Å². The summed E-state index contributed by atoms with van der Waals surface area (Å²) in [6.45, 7) is 1.02. The predicted octanol–water partition coefficient (Wildman–Crippen LogP) is -0.228. The van der Waals surface area contributed by atoms with Crippen molar-refractivity contribution >= 4 is 11.6 Å². The van der Waals surface area contributed by atoms with Crippen LogP contribution in [-0.2, 0) is 4.79 Å². The van der Waals surface area contributed by atoms with E-state index in [0.29, 0.717) is 11.6 Å². The largest absolute Gasteiger partial charge is 0.475 e. The van der Waals surface area contributed by atoms with Gasteiger partial charge in [0.05, 0.1) is 18.5 Å². The highest BCUT2D eigenvalue weighted by Crippen LogP contribution is 2.11. The summed E-state index contributed by atoms with van der Waals surface area (Å²) in [7, 11) is 0. The van der Waals surface area contributed by atoms with Crippen molar-refractivity contribution in [1.82, 2.24) is 4.98 Å². The summed E-state index contributed by atoms with van der Waals surface area (Å²) in [6, 6.07) is 3.20. The minimum atomic E-state index is -0.920. The van der Waals surface area contributed by atoms with Gasteiger partial charge in [-0.3, -0.25) is 4.79 Å². The molecule has 1 amide bonds. The van der Waals surface area contributed by atoms with Crippen molar-refractivity contribution < 1.29 is 19.7 Å². The zero-order valence-electron chi connectivity index (χ0n) is 8.88. The SMILES string of the molecule is CC(=O)Nc1ccc(OC[C@@H](O)CO)nc1. The summed E-state index contributed by atoms with van der Waals surface area (Å²) in [6.07, 6.45) is 0.527. The first kappa shape index (κ1) is 12.4. The number of nitrogens with zero attached hydrogens (tertiary/aromatic N) is 1. The lowest BCUT2D eigenvalue weighted by Crippen LogP contribution is -2.21. The Morgan fingerprint density at radius 1 is 1.62 bits per heavy atom. The molecule has 0 saturated heterocycles. The van der Waals surface area contributed by atoms with E-state index in [0.717, 1.165) is 0 Å². The van der Waals surface area contributed by atoms with Gasteiger partial charge in [0.25, 0.3) is 0 Å². The van der Waals surface area contributed by atoms with Crippen molar-refractivity contribution in [1.29, 1.82) is 0 Å². The first-order chi connectivity index (χ1) is 7.61. The summed E-state index contributed by atoms with van der Waals surface area (Å²) in [5.41, 5.74) is 0.572. The van der Waals surface area contributed by atoms with E-state index >= 15 is 0 Å². The maximum Gasteiger partial charge on any atom is 0.221 e. The van der Waals surface area contributed by atoms with Gasteiger partial charge in [-0.2, -0.15) is 0 Å². The van der Waals surface area contributed by atoms with Crippen LogP contribution in [0.2, 0.25) is 0 Å². The van der Waals surface area contributed by atoms with E-state index in [4.69, 9.17) is 14.9 Å². The van der Waals surface area contributed by atoms with Crippen LogP contribution in [0, 0.1) is 0 Å². The monoisotopic (exact) mass is 226 g/mol. The van der Waals surface area contributed by atoms with Gasteiger partial charge < -0.3 is 20.3 Å². The van der Waals surface area contributed by atoms with E-state index in [2.05, 4.69) is 10.3 Å². The molecule has 1 heterocycles. The lowest BCUT2D eigenvalue weighted by Gasteiger charge is -2.09. The molecule has 0 bridgehead atoms. The third-order valence-electron chi connectivity index (χ3n) is 1.69. The zero-order valence-corrected chi connectivity index (χ0v) is 8.88. The normalized spacial score (nSPS) is 11.9. The minimum absolute atomic E-state index is 0.0248. The number of aromatic nitrogens is 1. The highest BCUT2D eigenvalue weighted by atomic mass is 16.5. The molecule has 0 unspecified atom stereocenters. The van der Waals surface area contributed by atoms with Gasteiger partial charge >= 0.3 is 0 Å². The van der Waals surface area contributed by atoms with Crippen molar-refractivity contribution in [2.45, 2.75) is 13.0 Å². The second kappa shape index (κ2) is 6.04. The molecule has 0 spiro atoms. The third kappa shape index (κ3) is 4.24. The van der Waals surface area contributed by atoms with Gasteiger partial charge in [-0.15, -0.1) is 0 Å². The van der Waals surface area contributed by atoms with Crippen LogP contribution in [0.5, 0.6) is 5.88 Å². The number of ether oxygens (including phenoxy) is 1. The molecule has 0 aliphatic heterocycles. The molecule has 1 aromatic rings. The molecule has 3 N–H and O–H groups in total. The Kier molecular flexibility index (Phi) is 4.68. The number of carbonyl (C=O) groups is 1. The Morgan fingerprint density at radius 2 is 2.38 bits per heavy atom. The van der Waals surface area contributed by atoms with Gasteiger partial charge in [0, 0.05) is 13.0 Å². The smallest absolute Gasteiger partial charge is 0.221 e. The van der Waals surface area contributed by atoms with Crippen molar-refractivity contribution in [3.63, 3.8) is 0 Å². The zero-order chi connectivity index (χ0) is 12.0. The second-order valence-electron chi connectivity index (χ2n) is 3.21. The summed E-state index contributed by atoms with van der Waals surface area (Å²) < 4.78 is 5.08. The molecule has 1 aromatic heterocycles. The molecular weight excluding hydrogens is 212 g/mol. The van der Waals surface area contributed by atoms with Crippen LogP contribution in [0.4, 0.5) is 5.69 Å². The first-order valence-corrected chi connectivity index (χ1v) is 4.77. The number of hydrogen-bond donors (Lipinski definition) is 3. The maximum absolute atomic E-state index is 10.7. The predicted molar refractivity (Wildman–Crippen MR) is 57.1 cm³/mol. The van der Waals surface area contributed by atoms with Crippen LogP contribution in [0.25, 0.3) is 0 Å². The number of aliphatic hydroxyl groups excluding tert-OH is 2. The second-order valence-corrected chi connectivity index (χ2v) is 3.21. The maximum atomic E-state index is 10.7. The van der Waals surface area contributed by atoms with E-state index < -0.39 is 6.10 Å². The van der Waals surface area contributed by atoms with E-state index in [1.165, 1.54) is 13.1 Å². The molecule has 6 nitrogen and oxygen atoms in total. The fourth-order valence-corrected chi connectivity index (χ4v) is 0.977. The standard InChI is InChI=1S/C10H14N2O4/c1-7(14)12-8-2-3-10(11-4-8)16-6-9(15)5-13/h2-4,9,13,15H,5-6H2,1H3,(H,12,14)/t9-/m0/s1. The molecule has 88 valence electrons. The van der Waals surface area contributed by atoms with Crippen LogP contribution in [-0.4, -0.2) is 40.4 Å². The Hall–Kier alpha value is -1.66. The number of anilines is 1. The number of nitrogens with one attached hydrogen (secondary N) is 1.